The maximum Gasteiger partial charge on any atom is 0.120 e. The third-order valence-electron chi connectivity index (χ3n) is 3.17. The minimum atomic E-state index is -0.697. The number of aliphatic hydroxyl groups excluding tert-OH is 1. The van der Waals surface area contributed by atoms with Crippen molar-refractivity contribution in [2.45, 2.75) is 65.1 Å². The molecule has 0 aromatic heterocycles. The molecule has 5 nitrogen and oxygen atoms in total. The Hall–Kier alpha value is -1.14. The zero-order valence-corrected chi connectivity index (χ0v) is 15.0. The highest BCUT2D eigenvalue weighted by Gasteiger charge is 2.34. The number of hydrogen-bond acceptors (Lipinski definition) is 5. The molecule has 22 heavy (non-hydrogen) atoms. The van der Waals surface area contributed by atoms with Gasteiger partial charge in [0.1, 0.15) is 5.75 Å². The van der Waals surface area contributed by atoms with Crippen LogP contribution in [-0.4, -0.2) is 16.8 Å². The maximum atomic E-state index is 10.2. The lowest BCUT2D eigenvalue weighted by molar-refractivity contribution is 0.318. The third kappa shape index (κ3) is 5.25. The molecule has 1 aromatic rings. The highest BCUT2D eigenvalue weighted by molar-refractivity contribution is 5.52. The fraction of sp³-hybridized carbons (Fsp3) is 0.647. The lowest BCUT2D eigenvalue weighted by Crippen LogP contribution is -2.41. The molecular formula is C17H33N3O2. The van der Waals surface area contributed by atoms with E-state index >= 15 is 0 Å². The lowest BCUT2D eigenvalue weighted by Gasteiger charge is -2.36. The first kappa shape index (κ1) is 20.9. The van der Waals surface area contributed by atoms with E-state index in [1.165, 1.54) is 0 Å². The molecule has 1 rings (SSSR count). The van der Waals surface area contributed by atoms with E-state index < -0.39 is 16.6 Å². The van der Waals surface area contributed by atoms with Gasteiger partial charge < -0.3 is 27.4 Å². The third-order valence-corrected chi connectivity index (χ3v) is 3.17. The second kappa shape index (κ2) is 6.96. The van der Waals surface area contributed by atoms with Gasteiger partial charge in [-0.15, -0.1) is 0 Å². The molecule has 1 aromatic carbocycles. The van der Waals surface area contributed by atoms with Crippen molar-refractivity contribution >= 4 is 0 Å². The molecule has 0 spiro atoms. The van der Waals surface area contributed by atoms with Crippen LogP contribution in [0.4, 0.5) is 0 Å². The minimum absolute atomic E-state index is 0.161. The van der Waals surface area contributed by atoms with Gasteiger partial charge >= 0.3 is 0 Å². The molecule has 0 heterocycles. The predicted molar refractivity (Wildman–Crippen MR) is 92.5 cm³/mol. The van der Waals surface area contributed by atoms with Crippen LogP contribution >= 0.6 is 0 Å². The van der Waals surface area contributed by atoms with Gasteiger partial charge in [-0.1, -0.05) is 6.07 Å². The Bertz CT molecular complexity index is 492. The molecular weight excluding hydrogens is 278 g/mol. The summed E-state index contributed by atoms with van der Waals surface area (Å²) in [7, 11) is 0. The van der Waals surface area contributed by atoms with E-state index in [4.69, 9.17) is 22.3 Å². The largest absolute Gasteiger partial charge is 0.508 e. The van der Waals surface area contributed by atoms with Crippen molar-refractivity contribution in [1.82, 2.24) is 0 Å². The van der Waals surface area contributed by atoms with E-state index in [0.717, 1.165) is 11.1 Å². The van der Waals surface area contributed by atoms with E-state index in [2.05, 4.69) is 0 Å². The Labute approximate surface area is 134 Å². The molecule has 0 saturated heterocycles. The molecule has 0 radical (unpaired) electrons. The predicted octanol–water partition coefficient (Wildman–Crippen LogP) is 1.97. The van der Waals surface area contributed by atoms with Gasteiger partial charge in [0.05, 0.1) is 0 Å². The molecule has 128 valence electrons. The van der Waals surface area contributed by atoms with Crippen LogP contribution < -0.4 is 17.2 Å². The summed E-state index contributed by atoms with van der Waals surface area (Å²) < 4.78 is 0. The Balaban J connectivity index is 0.00000135. The molecule has 0 aliphatic heterocycles. The molecule has 5 heteroatoms. The van der Waals surface area contributed by atoms with E-state index in [1.54, 1.807) is 13.0 Å². The van der Waals surface area contributed by atoms with Crippen LogP contribution in [0.25, 0.3) is 0 Å². The Morgan fingerprint density at radius 3 is 1.45 bits per heavy atom. The van der Waals surface area contributed by atoms with Crippen molar-refractivity contribution in [3.8, 4) is 5.75 Å². The highest BCUT2D eigenvalue weighted by atomic mass is 16.3. The van der Waals surface area contributed by atoms with Crippen LogP contribution in [-0.2, 0) is 16.6 Å². The van der Waals surface area contributed by atoms with Crippen molar-refractivity contribution in [3.05, 3.63) is 28.8 Å². The molecule has 0 aliphatic rings. The standard InChI is InChI=1S/C15H27N3O.C2H6O/c1-13(2,16)9-7-8-10(19)12(15(5,6)18)11(9)14(3,4)17;1-2-3/h7-8,19H,16-18H2,1-6H3;3H,2H2,1H3. The number of rotatable bonds is 3. The van der Waals surface area contributed by atoms with Crippen molar-refractivity contribution in [1.29, 1.82) is 0 Å². The summed E-state index contributed by atoms with van der Waals surface area (Å²) in [6.45, 7) is 13.3. The molecule has 0 fully saturated rings. The molecule has 0 unspecified atom stereocenters. The monoisotopic (exact) mass is 311 g/mol. The van der Waals surface area contributed by atoms with Crippen molar-refractivity contribution in [2.24, 2.45) is 17.2 Å². The summed E-state index contributed by atoms with van der Waals surface area (Å²) in [4.78, 5) is 0. The van der Waals surface area contributed by atoms with Gasteiger partial charge in [-0.25, -0.2) is 0 Å². The number of aliphatic hydroxyl groups is 1. The Morgan fingerprint density at radius 1 is 0.818 bits per heavy atom. The summed E-state index contributed by atoms with van der Waals surface area (Å²) in [5.74, 6) is 0.161. The lowest BCUT2D eigenvalue weighted by atomic mass is 9.75. The number of phenolic OH excluding ortho intramolecular Hbond substituents is 1. The quantitative estimate of drug-likeness (QED) is 0.585. The van der Waals surface area contributed by atoms with Crippen LogP contribution in [0.1, 0.15) is 65.2 Å². The Morgan fingerprint density at radius 2 is 1.18 bits per heavy atom. The summed E-state index contributed by atoms with van der Waals surface area (Å²) in [5, 5.41) is 17.8. The number of aromatic hydroxyl groups is 1. The van der Waals surface area contributed by atoms with Crippen LogP contribution in [0, 0.1) is 0 Å². The number of hydrogen-bond donors (Lipinski definition) is 5. The van der Waals surface area contributed by atoms with Gasteiger partial charge in [-0.2, -0.15) is 0 Å². The summed E-state index contributed by atoms with van der Waals surface area (Å²) in [5.41, 5.74) is 19.3. The average molecular weight is 311 g/mol. The fourth-order valence-corrected chi connectivity index (χ4v) is 2.45. The zero-order valence-electron chi connectivity index (χ0n) is 15.0. The first-order valence-electron chi connectivity index (χ1n) is 7.52. The number of nitrogens with two attached hydrogens (primary N) is 3. The minimum Gasteiger partial charge on any atom is -0.508 e. The van der Waals surface area contributed by atoms with Crippen molar-refractivity contribution in [2.75, 3.05) is 6.61 Å². The summed E-state index contributed by atoms with van der Waals surface area (Å²) in [6.07, 6.45) is 0. The fourth-order valence-electron chi connectivity index (χ4n) is 2.45. The first-order valence-corrected chi connectivity index (χ1v) is 7.52. The van der Waals surface area contributed by atoms with Gasteiger partial charge in [0.25, 0.3) is 0 Å². The molecule has 0 aliphatic carbocycles. The van der Waals surface area contributed by atoms with Gasteiger partial charge in [-0.05, 0) is 65.7 Å². The highest BCUT2D eigenvalue weighted by Crippen LogP contribution is 2.40. The summed E-state index contributed by atoms with van der Waals surface area (Å²) in [6, 6.07) is 3.47. The van der Waals surface area contributed by atoms with Crippen molar-refractivity contribution in [3.63, 3.8) is 0 Å². The van der Waals surface area contributed by atoms with Gasteiger partial charge in [-0.3, -0.25) is 0 Å². The molecule has 8 N–H and O–H groups in total. The van der Waals surface area contributed by atoms with Crippen LogP contribution in [0.3, 0.4) is 0 Å². The molecule has 0 amide bonds. The molecule has 0 atom stereocenters. The molecule has 0 saturated carbocycles. The first-order chi connectivity index (χ1) is 9.67. The molecule has 0 bridgehead atoms. The zero-order chi connectivity index (χ0) is 17.9. The number of benzene rings is 1. The second-order valence-corrected chi connectivity index (χ2v) is 7.36. The van der Waals surface area contributed by atoms with Crippen LogP contribution in [0.5, 0.6) is 5.75 Å². The van der Waals surface area contributed by atoms with Crippen LogP contribution in [0.2, 0.25) is 0 Å². The Kier molecular flexibility index (Phi) is 6.60. The topological polar surface area (TPSA) is 119 Å². The van der Waals surface area contributed by atoms with E-state index in [0.29, 0.717) is 5.56 Å². The maximum absolute atomic E-state index is 10.2. The summed E-state index contributed by atoms with van der Waals surface area (Å²) >= 11 is 0. The van der Waals surface area contributed by atoms with E-state index in [9.17, 15) is 5.11 Å². The van der Waals surface area contributed by atoms with Gasteiger partial charge in [0.2, 0.25) is 0 Å². The average Bonchev–Trinajstić information content (AvgIpc) is 2.24. The van der Waals surface area contributed by atoms with Gasteiger partial charge in [0.15, 0.2) is 0 Å². The second-order valence-electron chi connectivity index (χ2n) is 7.36. The normalized spacial score (nSPS) is 12.7. The number of phenols is 1. The van der Waals surface area contributed by atoms with Crippen molar-refractivity contribution < 1.29 is 10.2 Å². The van der Waals surface area contributed by atoms with Crippen LogP contribution in [0.15, 0.2) is 12.1 Å². The van der Waals surface area contributed by atoms with Gasteiger partial charge in [0, 0.05) is 28.8 Å². The smallest absolute Gasteiger partial charge is 0.120 e. The SMILES string of the molecule is CC(C)(N)c1ccc(O)c(C(C)(C)N)c1C(C)(C)N.CCO. The van der Waals surface area contributed by atoms with E-state index in [1.807, 2.05) is 47.6 Å². The van der Waals surface area contributed by atoms with E-state index in [-0.39, 0.29) is 12.4 Å².